The van der Waals surface area contributed by atoms with Crippen LogP contribution in [0.4, 0.5) is 0 Å². The van der Waals surface area contributed by atoms with Gasteiger partial charge in [0.1, 0.15) is 11.9 Å². The molecule has 0 N–H and O–H groups in total. The van der Waals surface area contributed by atoms with Crippen LogP contribution in [0.5, 0.6) is 0 Å². The molecule has 0 aliphatic rings. The number of aromatic nitrogens is 3. The van der Waals surface area contributed by atoms with Crippen molar-refractivity contribution in [2.24, 2.45) is 0 Å². The molecule has 1 aromatic carbocycles. The standard InChI is InChI=1S/C21H16N3S/c1-2-6-18-21-23-19(15-24(21)14-13-22-18)20-12-11-17(25-20)10-9-16-7-4-3-5-8-16/h3-5,7-8,11-14H,2,6H2,1H3. The van der Waals surface area contributed by atoms with E-state index in [-0.39, 0.29) is 0 Å². The maximum absolute atomic E-state index is 4.74. The molecule has 0 atom stereocenters. The van der Waals surface area contributed by atoms with Crippen LogP contribution < -0.4 is 0 Å². The van der Waals surface area contributed by atoms with Gasteiger partial charge in [0.25, 0.3) is 0 Å². The molecule has 0 aliphatic heterocycles. The first-order valence-electron chi connectivity index (χ1n) is 8.26. The predicted molar refractivity (Wildman–Crippen MR) is 102 cm³/mol. The van der Waals surface area contributed by atoms with Crippen molar-refractivity contribution in [2.75, 3.05) is 0 Å². The number of rotatable bonds is 3. The summed E-state index contributed by atoms with van der Waals surface area (Å²) in [5, 5.41) is 0. The summed E-state index contributed by atoms with van der Waals surface area (Å²) in [5.41, 5.74) is 3.79. The van der Waals surface area contributed by atoms with Crippen molar-refractivity contribution in [2.45, 2.75) is 19.8 Å². The smallest absolute Gasteiger partial charge is 0.159 e. The molecule has 3 heterocycles. The first-order valence-corrected chi connectivity index (χ1v) is 9.07. The molecule has 0 amide bonds. The number of aryl methyl sites for hydroxylation is 1. The zero-order valence-corrected chi connectivity index (χ0v) is 14.7. The van der Waals surface area contributed by atoms with E-state index in [0.29, 0.717) is 0 Å². The van der Waals surface area contributed by atoms with Gasteiger partial charge in [-0.1, -0.05) is 43.4 Å². The monoisotopic (exact) mass is 342 g/mol. The van der Waals surface area contributed by atoms with Crippen LogP contribution in [0.15, 0.2) is 54.9 Å². The van der Waals surface area contributed by atoms with Crippen molar-refractivity contribution in [3.05, 3.63) is 77.2 Å². The summed E-state index contributed by atoms with van der Waals surface area (Å²) < 4.78 is 1.93. The molecule has 3 aromatic heterocycles. The number of imidazole rings is 1. The third-order valence-electron chi connectivity index (χ3n) is 3.81. The molecular weight excluding hydrogens is 326 g/mol. The van der Waals surface area contributed by atoms with Gasteiger partial charge in [-0.25, -0.2) is 4.98 Å². The Morgan fingerprint density at radius 1 is 1.12 bits per heavy atom. The molecule has 121 valence electrons. The van der Waals surface area contributed by atoms with Crippen molar-refractivity contribution < 1.29 is 0 Å². The van der Waals surface area contributed by atoms with E-state index in [4.69, 9.17) is 4.98 Å². The summed E-state index contributed by atoms with van der Waals surface area (Å²) in [4.78, 5) is 11.3. The molecule has 0 spiro atoms. The van der Waals surface area contributed by atoms with Gasteiger partial charge in [-0.3, -0.25) is 9.38 Å². The molecule has 3 nitrogen and oxygen atoms in total. The van der Waals surface area contributed by atoms with E-state index in [1.54, 1.807) is 11.3 Å². The summed E-state index contributed by atoms with van der Waals surface area (Å²) in [6.45, 7) is 2.15. The Kier molecular flexibility index (Phi) is 4.32. The number of fused-ring (bicyclic) bond motifs is 1. The third kappa shape index (κ3) is 3.33. The lowest BCUT2D eigenvalue weighted by Gasteiger charge is -1.98. The van der Waals surface area contributed by atoms with Crippen LogP contribution in [-0.2, 0) is 6.42 Å². The molecule has 0 saturated carbocycles. The average molecular weight is 342 g/mol. The summed E-state index contributed by atoms with van der Waals surface area (Å²) in [6, 6.07) is 14.1. The van der Waals surface area contributed by atoms with Gasteiger partial charge in [-0.15, -0.1) is 11.3 Å². The number of thiophene rings is 1. The van der Waals surface area contributed by atoms with Crippen LogP contribution in [0.2, 0.25) is 0 Å². The van der Waals surface area contributed by atoms with Crippen molar-refractivity contribution >= 4 is 17.0 Å². The second-order valence-corrected chi connectivity index (χ2v) is 6.75. The van der Waals surface area contributed by atoms with E-state index < -0.39 is 0 Å². The van der Waals surface area contributed by atoms with Crippen LogP contribution >= 0.6 is 11.3 Å². The number of hydrogen-bond donors (Lipinski definition) is 0. The second kappa shape index (κ2) is 6.92. The highest BCUT2D eigenvalue weighted by Gasteiger charge is 2.11. The first-order chi connectivity index (χ1) is 12.3. The number of hydrogen-bond acceptors (Lipinski definition) is 3. The lowest BCUT2D eigenvalue weighted by molar-refractivity contribution is 0.874. The summed E-state index contributed by atoms with van der Waals surface area (Å²) >= 11 is 1.64. The van der Waals surface area contributed by atoms with Crippen LogP contribution in [0.1, 0.15) is 29.5 Å². The number of benzene rings is 1. The van der Waals surface area contributed by atoms with Gasteiger partial charge in [0, 0.05) is 18.0 Å². The molecule has 0 saturated heterocycles. The van der Waals surface area contributed by atoms with Gasteiger partial charge in [0.15, 0.2) is 5.65 Å². The average Bonchev–Trinajstić information content (AvgIpc) is 3.28. The molecular formula is C21H16N3S. The maximum Gasteiger partial charge on any atom is 0.159 e. The van der Waals surface area contributed by atoms with Crippen molar-refractivity contribution in [1.29, 1.82) is 0 Å². The highest BCUT2D eigenvalue weighted by atomic mass is 32.1. The molecule has 25 heavy (non-hydrogen) atoms. The highest BCUT2D eigenvalue weighted by molar-refractivity contribution is 7.16. The Labute approximate surface area is 151 Å². The molecule has 4 heteroatoms. The topological polar surface area (TPSA) is 30.2 Å². The minimum Gasteiger partial charge on any atom is -0.295 e. The maximum atomic E-state index is 4.74. The van der Waals surface area contributed by atoms with Gasteiger partial charge in [-0.05, 0) is 30.7 Å². The van der Waals surface area contributed by atoms with E-state index in [9.17, 15) is 0 Å². The van der Waals surface area contributed by atoms with Crippen LogP contribution in [0, 0.1) is 18.0 Å². The molecule has 0 unspecified atom stereocenters. The third-order valence-corrected chi connectivity index (χ3v) is 4.81. The van der Waals surface area contributed by atoms with E-state index >= 15 is 0 Å². The second-order valence-electron chi connectivity index (χ2n) is 5.67. The van der Waals surface area contributed by atoms with Crippen LogP contribution in [-0.4, -0.2) is 14.4 Å². The Hall–Kier alpha value is -2.90. The minimum absolute atomic E-state index is 0.850. The van der Waals surface area contributed by atoms with Crippen molar-refractivity contribution in [1.82, 2.24) is 14.4 Å². The first kappa shape index (κ1) is 15.6. The molecule has 4 rings (SSSR count). The Bertz CT molecular complexity index is 1060. The summed E-state index contributed by atoms with van der Waals surface area (Å²) in [7, 11) is 0. The van der Waals surface area contributed by atoms with Gasteiger partial charge in [0.05, 0.1) is 15.4 Å². The summed E-state index contributed by atoms with van der Waals surface area (Å²) in [5.74, 6) is 6.42. The zero-order chi connectivity index (χ0) is 17.1. The highest BCUT2D eigenvalue weighted by Crippen LogP contribution is 2.27. The number of nitrogens with zero attached hydrogens (tertiary/aromatic N) is 3. The fourth-order valence-electron chi connectivity index (χ4n) is 2.62. The van der Waals surface area contributed by atoms with Gasteiger partial charge in [-0.2, -0.15) is 0 Å². The van der Waals surface area contributed by atoms with Crippen LogP contribution in [0.3, 0.4) is 0 Å². The lowest BCUT2D eigenvalue weighted by Crippen LogP contribution is -1.94. The van der Waals surface area contributed by atoms with Gasteiger partial charge in [0.2, 0.25) is 0 Å². The van der Waals surface area contributed by atoms with Gasteiger partial charge < -0.3 is 0 Å². The molecule has 0 aliphatic carbocycles. The van der Waals surface area contributed by atoms with Crippen LogP contribution in [0.25, 0.3) is 16.2 Å². The quantitative estimate of drug-likeness (QED) is 0.509. The predicted octanol–water partition coefficient (Wildman–Crippen LogP) is 4.61. The van der Waals surface area contributed by atoms with E-state index in [1.807, 2.05) is 53.2 Å². The van der Waals surface area contributed by atoms with E-state index in [2.05, 4.69) is 36.0 Å². The normalized spacial score (nSPS) is 10.6. The fourth-order valence-corrected chi connectivity index (χ4v) is 3.42. The molecule has 0 fully saturated rings. The summed E-state index contributed by atoms with van der Waals surface area (Å²) in [6.07, 6.45) is 9.01. The lowest BCUT2D eigenvalue weighted by atomic mass is 10.2. The minimum atomic E-state index is 0.850. The fraction of sp³-hybridized carbons (Fsp3) is 0.143. The van der Waals surface area contributed by atoms with Crippen molar-refractivity contribution in [3.63, 3.8) is 0 Å². The Morgan fingerprint density at radius 3 is 2.84 bits per heavy atom. The largest absolute Gasteiger partial charge is 0.295 e. The SMILES string of the molecule is CCCc1nccn2[c]c(-c3ccc(C#Cc4ccccc4)s3)nc12. The molecule has 0 bridgehead atoms. The van der Waals surface area contributed by atoms with E-state index in [1.165, 1.54) is 0 Å². The molecule has 1 radical (unpaired) electrons. The zero-order valence-electron chi connectivity index (χ0n) is 13.9. The molecule has 4 aromatic rings. The Balaban J connectivity index is 1.65. The van der Waals surface area contributed by atoms with Crippen molar-refractivity contribution in [3.8, 4) is 22.4 Å². The van der Waals surface area contributed by atoms with Gasteiger partial charge >= 0.3 is 0 Å². The Morgan fingerprint density at radius 2 is 2.00 bits per heavy atom. The van der Waals surface area contributed by atoms with E-state index in [0.717, 1.165) is 45.2 Å².